The van der Waals surface area contributed by atoms with E-state index in [1.807, 2.05) is 0 Å². The summed E-state index contributed by atoms with van der Waals surface area (Å²) in [6.45, 7) is -0.0797. The number of aliphatic hydroxyl groups excluding tert-OH is 1. The van der Waals surface area contributed by atoms with Crippen molar-refractivity contribution in [2.24, 2.45) is 0 Å². The van der Waals surface area contributed by atoms with Crippen molar-refractivity contribution < 1.29 is 24.1 Å². The molecule has 114 valence electrons. The highest BCUT2D eigenvalue weighted by Crippen LogP contribution is 2.29. The number of halogens is 1. The van der Waals surface area contributed by atoms with Gasteiger partial charge in [-0.05, 0) is 35.9 Å². The fourth-order valence-corrected chi connectivity index (χ4v) is 2.37. The lowest BCUT2D eigenvalue weighted by Crippen LogP contribution is -2.25. The van der Waals surface area contributed by atoms with Crippen molar-refractivity contribution in [3.63, 3.8) is 0 Å². The molecule has 1 aliphatic rings. The smallest absolute Gasteiger partial charge is 0.414 e. The number of ether oxygens (including phenoxy) is 1. The average Bonchev–Trinajstić information content (AvgIpc) is 2.89. The first-order valence-electron chi connectivity index (χ1n) is 6.76. The number of phenolic OH excluding ortho intramolecular Hbond substituents is 1. The minimum atomic E-state index is -0.601. The van der Waals surface area contributed by atoms with E-state index in [1.54, 1.807) is 24.3 Å². The van der Waals surface area contributed by atoms with Crippen LogP contribution in [0.2, 0.25) is 0 Å². The fourth-order valence-electron chi connectivity index (χ4n) is 2.37. The van der Waals surface area contributed by atoms with Crippen LogP contribution in [0.1, 0.15) is 0 Å². The maximum Gasteiger partial charge on any atom is 0.414 e. The number of anilines is 1. The molecule has 2 aromatic rings. The van der Waals surface area contributed by atoms with Gasteiger partial charge in [0.1, 0.15) is 17.7 Å². The summed E-state index contributed by atoms with van der Waals surface area (Å²) >= 11 is 0. The summed E-state index contributed by atoms with van der Waals surface area (Å²) in [6, 6.07) is 10.6. The Bertz CT molecular complexity index is 702. The molecule has 1 aliphatic heterocycles. The molecule has 2 N–H and O–H groups in total. The highest BCUT2D eigenvalue weighted by atomic mass is 19.1. The number of cyclic esters (lactones) is 1. The van der Waals surface area contributed by atoms with E-state index in [4.69, 9.17) is 9.84 Å². The van der Waals surface area contributed by atoms with Crippen LogP contribution in [-0.4, -0.2) is 35.6 Å². The molecular weight excluding hydrogens is 289 g/mol. The first kappa shape index (κ1) is 14.3. The zero-order valence-electron chi connectivity index (χ0n) is 11.6. The molecule has 0 aromatic heterocycles. The molecule has 0 unspecified atom stereocenters. The van der Waals surface area contributed by atoms with Crippen molar-refractivity contribution in [2.45, 2.75) is 6.10 Å². The van der Waals surface area contributed by atoms with Gasteiger partial charge in [0.25, 0.3) is 0 Å². The number of aliphatic hydroxyl groups is 1. The summed E-state index contributed by atoms with van der Waals surface area (Å²) in [5.74, 6) is -0.376. The van der Waals surface area contributed by atoms with Crippen molar-refractivity contribution in [1.82, 2.24) is 0 Å². The molecule has 0 bridgehead atoms. The SMILES string of the molecule is O=C1O[C@@H](CO)CN1c1ccc(-c2ccc(O)cc2)c(F)c1. The molecule has 1 amide bonds. The highest BCUT2D eigenvalue weighted by Gasteiger charge is 2.32. The molecular formula is C16H14FNO4. The van der Waals surface area contributed by atoms with E-state index in [-0.39, 0.29) is 18.9 Å². The summed E-state index contributed by atoms with van der Waals surface area (Å²) in [6.07, 6.45) is -1.19. The monoisotopic (exact) mass is 303 g/mol. The lowest BCUT2D eigenvalue weighted by molar-refractivity contribution is 0.0963. The van der Waals surface area contributed by atoms with Gasteiger partial charge in [0, 0.05) is 5.56 Å². The first-order valence-corrected chi connectivity index (χ1v) is 6.76. The Morgan fingerprint density at radius 2 is 1.95 bits per heavy atom. The number of amides is 1. The van der Waals surface area contributed by atoms with Crippen LogP contribution in [0.4, 0.5) is 14.9 Å². The Morgan fingerprint density at radius 1 is 1.23 bits per heavy atom. The van der Waals surface area contributed by atoms with Gasteiger partial charge in [-0.2, -0.15) is 0 Å². The molecule has 0 saturated carbocycles. The molecule has 1 saturated heterocycles. The number of nitrogens with zero attached hydrogens (tertiary/aromatic N) is 1. The van der Waals surface area contributed by atoms with Gasteiger partial charge in [0.2, 0.25) is 0 Å². The molecule has 1 atom stereocenters. The molecule has 1 heterocycles. The molecule has 0 aliphatic carbocycles. The second-order valence-electron chi connectivity index (χ2n) is 5.01. The summed E-state index contributed by atoms with van der Waals surface area (Å²) in [5.41, 5.74) is 1.37. The molecule has 5 nitrogen and oxygen atoms in total. The van der Waals surface area contributed by atoms with Gasteiger partial charge in [-0.15, -0.1) is 0 Å². The van der Waals surface area contributed by atoms with Crippen LogP contribution < -0.4 is 4.90 Å². The van der Waals surface area contributed by atoms with E-state index in [0.717, 1.165) is 0 Å². The van der Waals surface area contributed by atoms with E-state index in [1.165, 1.54) is 23.1 Å². The Labute approximate surface area is 126 Å². The van der Waals surface area contributed by atoms with Gasteiger partial charge in [0.05, 0.1) is 18.8 Å². The van der Waals surface area contributed by atoms with Gasteiger partial charge >= 0.3 is 6.09 Å². The predicted molar refractivity (Wildman–Crippen MR) is 78.2 cm³/mol. The van der Waals surface area contributed by atoms with Crippen molar-refractivity contribution in [1.29, 1.82) is 0 Å². The van der Waals surface area contributed by atoms with Crippen LogP contribution in [0, 0.1) is 5.82 Å². The van der Waals surface area contributed by atoms with Gasteiger partial charge < -0.3 is 14.9 Å². The average molecular weight is 303 g/mol. The number of hydrogen-bond acceptors (Lipinski definition) is 4. The lowest BCUT2D eigenvalue weighted by Gasteiger charge is -2.14. The molecule has 6 heteroatoms. The van der Waals surface area contributed by atoms with Crippen molar-refractivity contribution in [3.8, 4) is 16.9 Å². The number of carbonyl (C=O) groups is 1. The summed E-state index contributed by atoms with van der Waals surface area (Å²) < 4.78 is 19.2. The highest BCUT2D eigenvalue weighted by molar-refractivity contribution is 5.90. The van der Waals surface area contributed by atoms with Crippen molar-refractivity contribution in [3.05, 3.63) is 48.3 Å². The molecule has 3 rings (SSSR count). The van der Waals surface area contributed by atoms with E-state index >= 15 is 0 Å². The second kappa shape index (κ2) is 5.65. The van der Waals surface area contributed by atoms with Crippen molar-refractivity contribution in [2.75, 3.05) is 18.1 Å². The van der Waals surface area contributed by atoms with E-state index in [0.29, 0.717) is 16.8 Å². The second-order valence-corrected chi connectivity index (χ2v) is 5.01. The van der Waals surface area contributed by atoms with E-state index in [2.05, 4.69) is 0 Å². The van der Waals surface area contributed by atoms with Crippen LogP contribution in [0.25, 0.3) is 11.1 Å². The molecule has 1 fully saturated rings. The van der Waals surface area contributed by atoms with Gasteiger partial charge in [0.15, 0.2) is 0 Å². The van der Waals surface area contributed by atoms with Crippen LogP contribution in [-0.2, 0) is 4.74 Å². The predicted octanol–water partition coefficient (Wildman–Crippen LogP) is 2.52. The Morgan fingerprint density at radius 3 is 2.55 bits per heavy atom. The Kier molecular flexibility index (Phi) is 3.68. The molecule has 22 heavy (non-hydrogen) atoms. The number of carbonyl (C=O) groups excluding carboxylic acids is 1. The van der Waals surface area contributed by atoms with Crippen LogP contribution in [0.15, 0.2) is 42.5 Å². The maximum absolute atomic E-state index is 14.3. The Hall–Kier alpha value is -2.60. The van der Waals surface area contributed by atoms with Gasteiger partial charge in [-0.25, -0.2) is 9.18 Å². The number of aromatic hydroxyl groups is 1. The largest absolute Gasteiger partial charge is 0.508 e. The van der Waals surface area contributed by atoms with Crippen LogP contribution in [0.5, 0.6) is 5.75 Å². The van der Waals surface area contributed by atoms with Gasteiger partial charge in [-0.3, -0.25) is 4.90 Å². The molecule has 0 spiro atoms. The lowest BCUT2D eigenvalue weighted by atomic mass is 10.0. The third kappa shape index (κ3) is 2.60. The summed E-state index contributed by atoms with van der Waals surface area (Å²) in [7, 11) is 0. The van der Waals surface area contributed by atoms with Gasteiger partial charge in [-0.1, -0.05) is 12.1 Å². The summed E-state index contributed by atoms with van der Waals surface area (Å²) in [5, 5.41) is 18.3. The van der Waals surface area contributed by atoms with E-state index in [9.17, 15) is 14.3 Å². The third-order valence-electron chi connectivity index (χ3n) is 3.52. The normalized spacial score (nSPS) is 17.6. The quantitative estimate of drug-likeness (QED) is 0.914. The zero-order valence-corrected chi connectivity index (χ0v) is 11.6. The Balaban J connectivity index is 1.89. The van der Waals surface area contributed by atoms with Crippen molar-refractivity contribution >= 4 is 11.8 Å². The molecule has 0 radical (unpaired) electrons. The summed E-state index contributed by atoms with van der Waals surface area (Å²) in [4.78, 5) is 13.0. The number of phenols is 1. The van der Waals surface area contributed by atoms with E-state index < -0.39 is 18.0 Å². The first-order chi connectivity index (χ1) is 10.6. The topological polar surface area (TPSA) is 70.0 Å². The number of rotatable bonds is 3. The number of hydrogen-bond donors (Lipinski definition) is 2. The minimum absolute atomic E-state index is 0.107. The molecule has 2 aromatic carbocycles. The minimum Gasteiger partial charge on any atom is -0.508 e. The maximum atomic E-state index is 14.3. The van der Waals surface area contributed by atoms with Crippen LogP contribution in [0.3, 0.4) is 0 Å². The fraction of sp³-hybridized carbons (Fsp3) is 0.188. The third-order valence-corrected chi connectivity index (χ3v) is 3.52. The zero-order chi connectivity index (χ0) is 15.7. The standard InChI is InChI=1S/C16H14FNO4/c17-15-7-11(18-8-13(9-19)22-16(18)21)3-6-14(15)10-1-4-12(20)5-2-10/h1-7,13,19-20H,8-9H2/t13-/m1/s1. The van der Waals surface area contributed by atoms with Crippen LogP contribution >= 0.6 is 0 Å². The number of benzene rings is 2.